The molecule has 2 rings (SSSR count). The number of hydrogen-bond donors (Lipinski definition) is 1. The van der Waals surface area contributed by atoms with Crippen LogP contribution in [0.3, 0.4) is 0 Å². The highest BCUT2D eigenvalue weighted by atomic mass is 35.5. The minimum Gasteiger partial charge on any atom is -0.493 e. The van der Waals surface area contributed by atoms with Gasteiger partial charge in [0.25, 0.3) is 0 Å². The molecule has 7 heteroatoms. The lowest BCUT2D eigenvalue weighted by atomic mass is 10.2. The highest BCUT2D eigenvalue weighted by Crippen LogP contribution is 2.21. The Morgan fingerprint density at radius 3 is 2.63 bits per heavy atom. The third-order valence-electron chi connectivity index (χ3n) is 2.51. The van der Waals surface area contributed by atoms with E-state index < -0.39 is 5.97 Å². The first-order chi connectivity index (χ1) is 8.52. The van der Waals surface area contributed by atoms with Gasteiger partial charge >= 0.3 is 5.97 Å². The number of carbonyl (C=O) groups is 1. The van der Waals surface area contributed by atoms with Crippen molar-refractivity contribution in [2.24, 2.45) is 0 Å². The van der Waals surface area contributed by atoms with Crippen molar-refractivity contribution in [3.63, 3.8) is 0 Å². The van der Waals surface area contributed by atoms with Crippen LogP contribution in [-0.4, -0.2) is 28.0 Å². The second-order valence-electron chi connectivity index (χ2n) is 3.73. The molecule has 0 bridgehead atoms. The van der Waals surface area contributed by atoms with E-state index >= 15 is 0 Å². The van der Waals surface area contributed by atoms with Crippen molar-refractivity contribution in [3.05, 3.63) is 41.5 Å². The van der Waals surface area contributed by atoms with Gasteiger partial charge in [-0.3, -0.25) is 0 Å². The molecular weight excluding hydrogens is 275 g/mol. The van der Waals surface area contributed by atoms with E-state index in [9.17, 15) is 9.18 Å². The Morgan fingerprint density at radius 2 is 2.16 bits per heavy atom. The minimum absolute atomic E-state index is 0. The van der Waals surface area contributed by atoms with E-state index in [1.54, 1.807) is 6.92 Å². The standard InChI is InChI=1S/C12H11FN2O3.ClH/c1-7-5-8(13)3-4-9(7)15-6-10(18-2)11(14-15)12(16)17;/h3-6H,1-2H3,(H,16,17);1H. The predicted molar refractivity (Wildman–Crippen MR) is 69.0 cm³/mol. The molecule has 5 nitrogen and oxygen atoms in total. The molecule has 0 aliphatic carbocycles. The van der Waals surface area contributed by atoms with E-state index in [2.05, 4.69) is 5.10 Å². The molecule has 1 heterocycles. The van der Waals surface area contributed by atoms with Gasteiger partial charge in [-0.25, -0.2) is 13.9 Å². The number of aryl methyl sites for hydroxylation is 1. The number of benzene rings is 1. The molecule has 2 aromatic rings. The van der Waals surface area contributed by atoms with Crippen molar-refractivity contribution >= 4 is 18.4 Å². The summed E-state index contributed by atoms with van der Waals surface area (Å²) in [6.45, 7) is 1.72. The van der Waals surface area contributed by atoms with E-state index in [4.69, 9.17) is 9.84 Å². The molecule has 1 aromatic heterocycles. The van der Waals surface area contributed by atoms with Gasteiger partial charge in [-0.1, -0.05) is 0 Å². The third kappa shape index (κ3) is 2.85. The number of methoxy groups -OCH3 is 1. The number of rotatable bonds is 3. The maximum atomic E-state index is 13.0. The zero-order valence-electron chi connectivity index (χ0n) is 10.3. The van der Waals surface area contributed by atoms with E-state index in [0.717, 1.165) is 0 Å². The first-order valence-corrected chi connectivity index (χ1v) is 5.16. The minimum atomic E-state index is -1.18. The van der Waals surface area contributed by atoms with E-state index in [1.165, 1.54) is 36.2 Å². The van der Waals surface area contributed by atoms with Crippen LogP contribution in [0.5, 0.6) is 5.75 Å². The van der Waals surface area contributed by atoms with Crippen LogP contribution in [0.15, 0.2) is 24.4 Å². The number of carboxylic acid groups (broad SMARTS) is 1. The zero-order valence-corrected chi connectivity index (χ0v) is 11.1. The molecule has 0 fully saturated rings. The quantitative estimate of drug-likeness (QED) is 0.941. The number of carboxylic acids is 1. The van der Waals surface area contributed by atoms with Crippen molar-refractivity contribution in [1.29, 1.82) is 0 Å². The van der Waals surface area contributed by atoms with Crippen molar-refractivity contribution in [1.82, 2.24) is 9.78 Å². The number of aromatic carboxylic acids is 1. The predicted octanol–water partition coefficient (Wildman–Crippen LogP) is 2.45. The van der Waals surface area contributed by atoms with E-state index in [-0.39, 0.29) is 29.7 Å². The van der Waals surface area contributed by atoms with Gasteiger partial charge in [0.2, 0.25) is 5.69 Å². The smallest absolute Gasteiger partial charge is 0.360 e. The summed E-state index contributed by atoms with van der Waals surface area (Å²) in [6.07, 6.45) is 1.45. The molecule has 0 saturated heterocycles. The van der Waals surface area contributed by atoms with Crippen LogP contribution in [0, 0.1) is 12.7 Å². The summed E-state index contributed by atoms with van der Waals surface area (Å²) in [5, 5.41) is 12.9. The summed E-state index contributed by atoms with van der Waals surface area (Å²) in [5.41, 5.74) is 1.07. The molecule has 0 atom stereocenters. The zero-order chi connectivity index (χ0) is 13.3. The summed E-state index contributed by atoms with van der Waals surface area (Å²) < 4.78 is 19.3. The largest absolute Gasteiger partial charge is 0.493 e. The first kappa shape index (κ1) is 15.0. The Kier molecular flexibility index (Phi) is 4.50. The van der Waals surface area contributed by atoms with Gasteiger partial charge in [-0.05, 0) is 30.7 Å². The number of ether oxygens (including phenoxy) is 1. The highest BCUT2D eigenvalue weighted by Gasteiger charge is 2.17. The second kappa shape index (κ2) is 5.71. The Morgan fingerprint density at radius 1 is 1.47 bits per heavy atom. The van der Waals surface area contributed by atoms with Gasteiger partial charge < -0.3 is 9.84 Å². The monoisotopic (exact) mass is 286 g/mol. The van der Waals surface area contributed by atoms with Crippen LogP contribution in [0.25, 0.3) is 5.69 Å². The van der Waals surface area contributed by atoms with Crippen LogP contribution in [0.4, 0.5) is 4.39 Å². The van der Waals surface area contributed by atoms with Crippen LogP contribution in [-0.2, 0) is 0 Å². The van der Waals surface area contributed by atoms with Crippen LogP contribution >= 0.6 is 12.4 Å². The summed E-state index contributed by atoms with van der Waals surface area (Å²) in [7, 11) is 1.37. The van der Waals surface area contributed by atoms with Gasteiger partial charge in [-0.15, -0.1) is 12.4 Å². The maximum Gasteiger partial charge on any atom is 0.360 e. The normalized spacial score (nSPS) is 9.84. The fourth-order valence-corrected chi connectivity index (χ4v) is 1.65. The highest BCUT2D eigenvalue weighted by molar-refractivity contribution is 5.88. The SMILES string of the molecule is COc1cn(-c2ccc(F)cc2C)nc1C(=O)O.Cl. The van der Waals surface area contributed by atoms with Crippen molar-refractivity contribution < 1.29 is 19.0 Å². The Balaban J connectivity index is 0.00000180. The lowest BCUT2D eigenvalue weighted by Crippen LogP contribution is -2.03. The average molecular weight is 287 g/mol. The molecule has 0 aliphatic heterocycles. The molecule has 102 valence electrons. The summed E-state index contributed by atoms with van der Waals surface area (Å²) in [4.78, 5) is 10.9. The Bertz CT molecular complexity index is 613. The van der Waals surface area contributed by atoms with Crippen molar-refractivity contribution in [3.8, 4) is 11.4 Å². The number of hydrogen-bond acceptors (Lipinski definition) is 3. The number of aromatic nitrogens is 2. The maximum absolute atomic E-state index is 13.0. The van der Waals surface area contributed by atoms with Gasteiger partial charge in [-0.2, -0.15) is 5.10 Å². The van der Waals surface area contributed by atoms with Crippen molar-refractivity contribution in [2.45, 2.75) is 6.92 Å². The molecular formula is C12H12ClFN2O3. The summed E-state index contributed by atoms with van der Waals surface area (Å²) >= 11 is 0. The van der Waals surface area contributed by atoms with Crippen LogP contribution in [0.1, 0.15) is 16.1 Å². The topological polar surface area (TPSA) is 64.4 Å². The number of nitrogens with zero attached hydrogens (tertiary/aromatic N) is 2. The molecule has 1 N–H and O–H groups in total. The van der Waals surface area contributed by atoms with Gasteiger partial charge in [0.1, 0.15) is 5.82 Å². The van der Waals surface area contributed by atoms with E-state index in [1.807, 2.05) is 0 Å². The molecule has 1 aromatic carbocycles. The lowest BCUT2D eigenvalue weighted by molar-refractivity contribution is 0.0686. The summed E-state index contributed by atoms with van der Waals surface area (Å²) in [5.74, 6) is -1.37. The fourth-order valence-electron chi connectivity index (χ4n) is 1.65. The second-order valence-corrected chi connectivity index (χ2v) is 3.73. The van der Waals surface area contributed by atoms with Crippen LogP contribution in [0.2, 0.25) is 0 Å². The molecule has 0 radical (unpaired) electrons. The molecule has 0 unspecified atom stereocenters. The average Bonchev–Trinajstić information content (AvgIpc) is 2.73. The third-order valence-corrected chi connectivity index (χ3v) is 2.51. The molecule has 0 amide bonds. The fraction of sp³-hybridized carbons (Fsp3) is 0.167. The van der Waals surface area contributed by atoms with Gasteiger partial charge in [0.15, 0.2) is 5.75 Å². The van der Waals surface area contributed by atoms with Gasteiger partial charge in [0.05, 0.1) is 19.0 Å². The van der Waals surface area contributed by atoms with Gasteiger partial charge in [0, 0.05) is 0 Å². The van der Waals surface area contributed by atoms with Crippen LogP contribution < -0.4 is 4.74 Å². The molecule has 19 heavy (non-hydrogen) atoms. The lowest BCUT2D eigenvalue weighted by Gasteiger charge is -2.04. The van der Waals surface area contributed by atoms with Crippen molar-refractivity contribution in [2.75, 3.05) is 7.11 Å². The Labute approximate surface area is 115 Å². The first-order valence-electron chi connectivity index (χ1n) is 5.16. The molecule has 0 aliphatic rings. The van der Waals surface area contributed by atoms with E-state index in [0.29, 0.717) is 11.3 Å². The molecule has 0 spiro atoms. The number of halogens is 2. The Hall–Kier alpha value is -2.08. The molecule has 0 saturated carbocycles. The summed E-state index contributed by atoms with van der Waals surface area (Å²) in [6, 6.07) is 4.17.